The summed E-state index contributed by atoms with van der Waals surface area (Å²) in [6.45, 7) is 15.6. The summed E-state index contributed by atoms with van der Waals surface area (Å²) in [5, 5.41) is 3.86. The van der Waals surface area contributed by atoms with Crippen molar-refractivity contribution in [2.45, 2.75) is 111 Å². The van der Waals surface area contributed by atoms with Crippen LogP contribution in [0.1, 0.15) is 103 Å². The number of nitrogens with one attached hydrogen (secondary N) is 1. The number of hydrogen-bond donors (Lipinski definition) is 1. The zero-order valence-corrected chi connectivity index (χ0v) is 28.2. The number of aromatic nitrogens is 1. The third-order valence-corrected chi connectivity index (χ3v) is 9.39. The van der Waals surface area contributed by atoms with Crippen LogP contribution in [-0.4, -0.2) is 54.7 Å². The van der Waals surface area contributed by atoms with Crippen molar-refractivity contribution in [3.63, 3.8) is 0 Å². The Bertz CT molecular complexity index is 1290. The largest absolute Gasteiger partial charge is 0.496 e. The van der Waals surface area contributed by atoms with Gasteiger partial charge >= 0.3 is 5.97 Å². The molecule has 1 N–H and O–H groups in total. The highest BCUT2D eigenvalue weighted by molar-refractivity contribution is 5.88. The lowest BCUT2D eigenvalue weighted by molar-refractivity contribution is -0.158. The van der Waals surface area contributed by atoms with Crippen molar-refractivity contribution in [3.05, 3.63) is 53.2 Å². The Balaban J connectivity index is 1.89. The van der Waals surface area contributed by atoms with Gasteiger partial charge in [0.2, 0.25) is 11.8 Å². The zero-order chi connectivity index (χ0) is 32.2. The van der Waals surface area contributed by atoms with Crippen molar-refractivity contribution < 1.29 is 23.8 Å². The maximum atomic E-state index is 14.7. The van der Waals surface area contributed by atoms with Crippen LogP contribution in [0.2, 0.25) is 0 Å². The van der Waals surface area contributed by atoms with Crippen molar-refractivity contribution in [2.75, 3.05) is 20.8 Å². The molecule has 242 valence electrons. The molecule has 1 aliphatic carbocycles. The molecule has 8 nitrogen and oxygen atoms in total. The lowest BCUT2D eigenvalue weighted by atomic mass is 9.72. The van der Waals surface area contributed by atoms with E-state index in [0.717, 1.165) is 49.0 Å². The standard InChI is InChI=1S/C36H53N3O5/c1-10-44-34(41)31-28(36(5,6)7)29(38-22-24-21-25(35(2,3)4)18-19-27(24)42-8)30(26-17-14-20-37-32(26)43-9)39(31)33(40)23-15-12-11-13-16-23/h14,17-21,23,28-31,38H,10-13,15-16,22H2,1-9H3/t28-,29-,30-,31-/m0/s1. The molecule has 2 heterocycles. The highest BCUT2D eigenvalue weighted by Crippen LogP contribution is 2.51. The Kier molecular flexibility index (Phi) is 10.7. The van der Waals surface area contributed by atoms with E-state index in [9.17, 15) is 9.59 Å². The number of carbonyl (C=O) groups excluding carboxylic acids is 2. The number of esters is 1. The molecule has 4 atom stereocenters. The molecule has 0 unspecified atom stereocenters. The first-order valence-electron chi connectivity index (χ1n) is 16.2. The summed E-state index contributed by atoms with van der Waals surface area (Å²) in [4.78, 5) is 35.0. The Morgan fingerprint density at radius 1 is 1.00 bits per heavy atom. The van der Waals surface area contributed by atoms with Crippen molar-refractivity contribution in [3.8, 4) is 11.6 Å². The number of rotatable bonds is 9. The van der Waals surface area contributed by atoms with E-state index in [0.29, 0.717) is 12.4 Å². The van der Waals surface area contributed by atoms with Crippen LogP contribution in [0.3, 0.4) is 0 Å². The summed E-state index contributed by atoms with van der Waals surface area (Å²) in [5.41, 5.74) is 2.62. The molecule has 1 aromatic carbocycles. The maximum absolute atomic E-state index is 14.7. The summed E-state index contributed by atoms with van der Waals surface area (Å²) in [5.74, 6) is 0.513. The predicted octanol–water partition coefficient (Wildman–Crippen LogP) is 6.61. The van der Waals surface area contributed by atoms with E-state index in [1.165, 1.54) is 5.56 Å². The van der Waals surface area contributed by atoms with Gasteiger partial charge in [-0.1, -0.05) is 72.9 Å². The minimum atomic E-state index is -0.764. The first-order chi connectivity index (χ1) is 20.8. The summed E-state index contributed by atoms with van der Waals surface area (Å²) in [6.07, 6.45) is 6.52. The quantitative estimate of drug-likeness (QED) is 0.321. The van der Waals surface area contributed by atoms with Crippen LogP contribution in [0.5, 0.6) is 11.6 Å². The fraction of sp³-hybridized carbons (Fsp3) is 0.639. The smallest absolute Gasteiger partial charge is 0.329 e. The van der Waals surface area contributed by atoms with E-state index < -0.39 is 12.1 Å². The summed E-state index contributed by atoms with van der Waals surface area (Å²) < 4.78 is 17.3. The van der Waals surface area contributed by atoms with Crippen LogP contribution in [0, 0.1) is 17.3 Å². The van der Waals surface area contributed by atoms with E-state index in [4.69, 9.17) is 14.2 Å². The van der Waals surface area contributed by atoms with Crippen LogP contribution in [0.25, 0.3) is 0 Å². The fourth-order valence-corrected chi connectivity index (χ4v) is 7.24. The summed E-state index contributed by atoms with van der Waals surface area (Å²) in [6, 6.07) is 8.61. The second-order valence-corrected chi connectivity index (χ2v) is 14.4. The monoisotopic (exact) mass is 607 g/mol. The van der Waals surface area contributed by atoms with Gasteiger partial charge in [-0.15, -0.1) is 0 Å². The number of ether oxygens (including phenoxy) is 3. The molecular weight excluding hydrogens is 554 g/mol. The van der Waals surface area contributed by atoms with E-state index in [1.54, 1.807) is 20.4 Å². The van der Waals surface area contributed by atoms with Crippen LogP contribution in [-0.2, 0) is 26.3 Å². The van der Waals surface area contributed by atoms with Crippen molar-refractivity contribution >= 4 is 11.9 Å². The molecule has 2 aromatic rings. The molecule has 0 spiro atoms. The van der Waals surface area contributed by atoms with Gasteiger partial charge in [-0.05, 0) is 54.4 Å². The van der Waals surface area contributed by atoms with Crippen molar-refractivity contribution in [1.29, 1.82) is 0 Å². The molecule has 1 amide bonds. The van der Waals surface area contributed by atoms with Gasteiger partial charge in [0, 0.05) is 41.7 Å². The van der Waals surface area contributed by atoms with E-state index >= 15 is 0 Å². The predicted molar refractivity (Wildman–Crippen MR) is 173 cm³/mol. The lowest BCUT2D eigenvalue weighted by Gasteiger charge is -2.36. The third kappa shape index (κ3) is 7.06. The number of methoxy groups -OCH3 is 2. The van der Waals surface area contributed by atoms with Crippen LogP contribution >= 0.6 is 0 Å². The van der Waals surface area contributed by atoms with E-state index in [2.05, 4.69) is 64.0 Å². The van der Waals surface area contributed by atoms with Gasteiger partial charge in [-0.25, -0.2) is 9.78 Å². The van der Waals surface area contributed by atoms with Gasteiger partial charge in [-0.3, -0.25) is 4.79 Å². The number of carbonyl (C=O) groups is 2. The zero-order valence-electron chi connectivity index (χ0n) is 28.2. The molecule has 2 fully saturated rings. The Labute approximate surface area is 264 Å². The Morgan fingerprint density at radius 2 is 1.70 bits per heavy atom. The number of amides is 1. The minimum Gasteiger partial charge on any atom is -0.496 e. The Morgan fingerprint density at radius 3 is 2.30 bits per heavy atom. The first kappa shape index (κ1) is 33.8. The molecule has 44 heavy (non-hydrogen) atoms. The van der Waals surface area contributed by atoms with Crippen molar-refractivity contribution in [2.24, 2.45) is 17.3 Å². The topological polar surface area (TPSA) is 90.0 Å². The molecule has 0 bridgehead atoms. The molecule has 1 aromatic heterocycles. The summed E-state index contributed by atoms with van der Waals surface area (Å²) >= 11 is 0. The Hall–Kier alpha value is -3.13. The number of likely N-dealkylation sites (tertiary alicyclic amines) is 1. The maximum Gasteiger partial charge on any atom is 0.329 e. The van der Waals surface area contributed by atoms with Gasteiger partial charge in [0.05, 0.1) is 26.9 Å². The van der Waals surface area contributed by atoms with Crippen LogP contribution in [0.4, 0.5) is 0 Å². The lowest BCUT2D eigenvalue weighted by Crippen LogP contribution is -2.50. The summed E-state index contributed by atoms with van der Waals surface area (Å²) in [7, 11) is 3.29. The van der Waals surface area contributed by atoms with Crippen LogP contribution < -0.4 is 14.8 Å². The molecule has 1 aliphatic heterocycles. The van der Waals surface area contributed by atoms with Gasteiger partial charge in [-0.2, -0.15) is 0 Å². The fourth-order valence-electron chi connectivity index (χ4n) is 7.24. The second kappa shape index (κ2) is 13.9. The molecule has 4 rings (SSSR count). The van der Waals surface area contributed by atoms with Gasteiger partial charge < -0.3 is 24.4 Å². The molecule has 2 aliphatic rings. The SMILES string of the molecule is CCOC(=O)[C@@H]1[C@@H](C(C)(C)C)[C@H](NCc2cc(C(C)(C)C)ccc2OC)[C@H](c2cccnc2OC)N1C(=O)C1CCCCC1. The number of pyridine rings is 1. The molecule has 1 saturated carbocycles. The van der Waals surface area contributed by atoms with Gasteiger partial charge in [0.1, 0.15) is 11.8 Å². The molecular formula is C36H53N3O5. The minimum absolute atomic E-state index is 0.0181. The third-order valence-electron chi connectivity index (χ3n) is 9.39. The van der Waals surface area contributed by atoms with E-state index in [1.807, 2.05) is 30.0 Å². The van der Waals surface area contributed by atoms with Gasteiger partial charge in [0.25, 0.3) is 0 Å². The molecule has 0 radical (unpaired) electrons. The normalized spacial score (nSPS) is 23.0. The molecule has 8 heteroatoms. The first-order valence-corrected chi connectivity index (χ1v) is 16.2. The second-order valence-electron chi connectivity index (χ2n) is 14.4. The number of nitrogens with zero attached hydrogens (tertiary/aromatic N) is 2. The highest BCUT2D eigenvalue weighted by Gasteiger charge is 2.59. The average molecular weight is 608 g/mol. The van der Waals surface area contributed by atoms with E-state index in [-0.39, 0.29) is 47.2 Å². The van der Waals surface area contributed by atoms with Gasteiger partial charge in [0.15, 0.2) is 0 Å². The van der Waals surface area contributed by atoms with Crippen molar-refractivity contribution in [1.82, 2.24) is 15.2 Å². The average Bonchev–Trinajstić information content (AvgIpc) is 3.35. The molecule has 1 saturated heterocycles. The number of hydrogen-bond acceptors (Lipinski definition) is 7. The van der Waals surface area contributed by atoms with Crippen LogP contribution in [0.15, 0.2) is 36.5 Å². The highest BCUT2D eigenvalue weighted by atomic mass is 16.5. The number of benzene rings is 1.